The fourth-order valence-corrected chi connectivity index (χ4v) is 4.62. The van der Waals surface area contributed by atoms with E-state index >= 15 is 0 Å². The molecular weight excluding hydrogens is 330 g/mol. The Morgan fingerprint density at radius 1 is 1.33 bits per heavy atom. The van der Waals surface area contributed by atoms with Gasteiger partial charge in [0, 0.05) is 22.4 Å². The average molecular weight is 342 g/mol. The van der Waals surface area contributed by atoms with Crippen molar-refractivity contribution in [3.05, 3.63) is 42.7 Å². The number of thiophene rings is 2. The first-order valence-corrected chi connectivity index (χ1v) is 8.33. The number of fused-ring (bicyclic) bond motifs is 1. The molecule has 0 saturated heterocycles. The molecule has 0 saturated carbocycles. The Balaban J connectivity index is 1.68. The standard InChI is InChI=1S/C13H12BrNOS2/c14-10-3-6-18-13(10)11(16)8-15-4-1-12-9(7-15)2-5-17-12/h2-3,5-6H,1,4,7-8H2. The Kier molecular flexibility index (Phi) is 3.66. The lowest BCUT2D eigenvalue weighted by Crippen LogP contribution is -2.34. The number of carbonyl (C=O) groups is 1. The summed E-state index contributed by atoms with van der Waals surface area (Å²) in [5.41, 5.74) is 1.39. The summed E-state index contributed by atoms with van der Waals surface area (Å²) in [5.74, 6) is 0.218. The van der Waals surface area contributed by atoms with Crippen LogP contribution in [0.25, 0.3) is 0 Å². The molecule has 0 amide bonds. The molecule has 0 fully saturated rings. The van der Waals surface area contributed by atoms with Crippen molar-refractivity contribution in [2.75, 3.05) is 13.1 Å². The number of rotatable bonds is 3. The van der Waals surface area contributed by atoms with Crippen LogP contribution in [0.4, 0.5) is 0 Å². The lowest BCUT2D eigenvalue weighted by molar-refractivity contribution is 0.0925. The monoisotopic (exact) mass is 341 g/mol. The van der Waals surface area contributed by atoms with Gasteiger partial charge in [0.15, 0.2) is 5.78 Å². The molecule has 3 heterocycles. The van der Waals surface area contributed by atoms with Gasteiger partial charge in [-0.1, -0.05) is 0 Å². The largest absolute Gasteiger partial charge is 0.292 e. The molecule has 1 aliphatic rings. The van der Waals surface area contributed by atoms with Gasteiger partial charge in [0.25, 0.3) is 0 Å². The minimum Gasteiger partial charge on any atom is -0.292 e. The van der Waals surface area contributed by atoms with E-state index in [0.29, 0.717) is 6.54 Å². The van der Waals surface area contributed by atoms with Crippen LogP contribution in [0.1, 0.15) is 20.1 Å². The molecule has 0 aromatic carbocycles. The fraction of sp³-hybridized carbons (Fsp3) is 0.308. The predicted octanol–water partition coefficient (Wildman–Crippen LogP) is 3.81. The highest BCUT2D eigenvalue weighted by atomic mass is 79.9. The van der Waals surface area contributed by atoms with E-state index in [1.165, 1.54) is 21.8 Å². The molecular formula is C13H12BrNOS2. The van der Waals surface area contributed by atoms with Gasteiger partial charge in [-0.05, 0) is 50.8 Å². The van der Waals surface area contributed by atoms with Crippen molar-refractivity contribution in [3.63, 3.8) is 0 Å². The quantitative estimate of drug-likeness (QED) is 0.791. The van der Waals surface area contributed by atoms with Crippen LogP contribution < -0.4 is 0 Å². The minimum absolute atomic E-state index is 0.218. The molecule has 0 radical (unpaired) electrons. The van der Waals surface area contributed by atoms with Crippen molar-refractivity contribution in [1.29, 1.82) is 0 Å². The molecule has 3 rings (SSSR count). The van der Waals surface area contributed by atoms with Crippen LogP contribution in [-0.4, -0.2) is 23.8 Å². The predicted molar refractivity (Wildman–Crippen MR) is 79.6 cm³/mol. The number of hydrogen-bond acceptors (Lipinski definition) is 4. The van der Waals surface area contributed by atoms with Crippen molar-refractivity contribution in [2.24, 2.45) is 0 Å². The maximum Gasteiger partial charge on any atom is 0.187 e. The maximum atomic E-state index is 12.2. The van der Waals surface area contributed by atoms with Crippen molar-refractivity contribution in [1.82, 2.24) is 4.90 Å². The first-order valence-electron chi connectivity index (χ1n) is 5.78. The van der Waals surface area contributed by atoms with Gasteiger partial charge >= 0.3 is 0 Å². The van der Waals surface area contributed by atoms with Crippen molar-refractivity contribution < 1.29 is 4.79 Å². The summed E-state index contributed by atoms with van der Waals surface area (Å²) < 4.78 is 0.922. The van der Waals surface area contributed by atoms with E-state index < -0.39 is 0 Å². The Morgan fingerprint density at radius 2 is 2.17 bits per heavy atom. The normalized spacial score (nSPS) is 15.6. The SMILES string of the molecule is O=C(CN1CCc2sccc2C1)c1sccc1Br. The maximum absolute atomic E-state index is 12.2. The summed E-state index contributed by atoms with van der Waals surface area (Å²) in [5, 5.41) is 4.09. The van der Waals surface area contributed by atoms with Gasteiger partial charge in [0.1, 0.15) is 0 Å². The van der Waals surface area contributed by atoms with E-state index in [4.69, 9.17) is 0 Å². The lowest BCUT2D eigenvalue weighted by Gasteiger charge is -2.25. The van der Waals surface area contributed by atoms with Gasteiger partial charge in [-0.2, -0.15) is 0 Å². The van der Waals surface area contributed by atoms with Crippen LogP contribution in [0.5, 0.6) is 0 Å². The molecule has 18 heavy (non-hydrogen) atoms. The molecule has 0 aliphatic carbocycles. The highest BCUT2D eigenvalue weighted by molar-refractivity contribution is 9.10. The van der Waals surface area contributed by atoms with E-state index in [2.05, 4.69) is 32.3 Å². The van der Waals surface area contributed by atoms with Crippen molar-refractivity contribution in [3.8, 4) is 0 Å². The zero-order valence-corrected chi connectivity index (χ0v) is 12.9. The van der Waals surface area contributed by atoms with Crippen LogP contribution in [0.15, 0.2) is 27.4 Å². The number of hydrogen-bond donors (Lipinski definition) is 0. The third-order valence-corrected chi connectivity index (χ3v) is 6.03. The summed E-state index contributed by atoms with van der Waals surface area (Å²) in [6, 6.07) is 4.11. The molecule has 0 bridgehead atoms. The van der Waals surface area contributed by atoms with Crippen LogP contribution in [0, 0.1) is 0 Å². The summed E-state index contributed by atoms with van der Waals surface area (Å²) >= 11 is 6.77. The summed E-state index contributed by atoms with van der Waals surface area (Å²) in [6.07, 6.45) is 1.08. The molecule has 0 N–H and O–H groups in total. The van der Waals surface area contributed by atoms with Crippen LogP contribution in [-0.2, 0) is 13.0 Å². The molecule has 94 valence electrons. The van der Waals surface area contributed by atoms with Gasteiger partial charge in [-0.15, -0.1) is 22.7 Å². The van der Waals surface area contributed by atoms with Crippen LogP contribution in [0.2, 0.25) is 0 Å². The summed E-state index contributed by atoms with van der Waals surface area (Å²) in [7, 11) is 0. The second kappa shape index (κ2) is 5.25. The Morgan fingerprint density at radius 3 is 2.94 bits per heavy atom. The topological polar surface area (TPSA) is 20.3 Å². The zero-order chi connectivity index (χ0) is 12.5. The molecule has 0 spiro atoms. The van der Waals surface area contributed by atoms with Crippen LogP contribution in [0.3, 0.4) is 0 Å². The van der Waals surface area contributed by atoms with Gasteiger partial charge in [-0.3, -0.25) is 9.69 Å². The van der Waals surface area contributed by atoms with E-state index in [-0.39, 0.29) is 5.78 Å². The third-order valence-electron chi connectivity index (χ3n) is 3.12. The Hall–Kier alpha value is -0.490. The molecule has 5 heteroatoms. The van der Waals surface area contributed by atoms with E-state index in [9.17, 15) is 4.79 Å². The van der Waals surface area contributed by atoms with Gasteiger partial charge in [0.05, 0.1) is 11.4 Å². The number of ketones is 1. The van der Waals surface area contributed by atoms with Gasteiger partial charge < -0.3 is 0 Å². The minimum atomic E-state index is 0.218. The average Bonchev–Trinajstić information content (AvgIpc) is 2.96. The lowest BCUT2D eigenvalue weighted by atomic mass is 10.1. The smallest absolute Gasteiger partial charge is 0.187 e. The third kappa shape index (κ3) is 2.45. The molecule has 2 nitrogen and oxygen atoms in total. The summed E-state index contributed by atoms with van der Waals surface area (Å²) in [6.45, 7) is 2.42. The molecule has 0 unspecified atom stereocenters. The highest BCUT2D eigenvalue weighted by Crippen LogP contribution is 2.26. The van der Waals surface area contributed by atoms with Crippen LogP contribution >= 0.6 is 38.6 Å². The first-order chi connectivity index (χ1) is 8.74. The number of nitrogens with zero attached hydrogens (tertiary/aromatic N) is 1. The Labute approximate surface area is 122 Å². The molecule has 0 atom stereocenters. The van der Waals surface area contributed by atoms with E-state index in [0.717, 1.165) is 28.9 Å². The highest BCUT2D eigenvalue weighted by Gasteiger charge is 2.21. The Bertz CT molecular complexity index is 575. The number of halogens is 1. The second-order valence-electron chi connectivity index (χ2n) is 4.35. The number of carbonyl (C=O) groups excluding carboxylic acids is 1. The second-order valence-corrected chi connectivity index (χ2v) is 7.12. The summed E-state index contributed by atoms with van der Waals surface area (Å²) in [4.78, 5) is 16.7. The number of Topliss-reactive ketones (excluding diaryl/α,β-unsaturated/α-hetero) is 1. The van der Waals surface area contributed by atoms with E-state index in [1.54, 1.807) is 0 Å². The van der Waals surface area contributed by atoms with Gasteiger partial charge in [0.2, 0.25) is 0 Å². The van der Waals surface area contributed by atoms with Gasteiger partial charge in [-0.25, -0.2) is 0 Å². The molecule has 2 aromatic rings. The first kappa shape index (κ1) is 12.5. The van der Waals surface area contributed by atoms with E-state index in [1.807, 2.05) is 22.8 Å². The zero-order valence-electron chi connectivity index (χ0n) is 9.69. The van der Waals surface area contributed by atoms with Crippen molar-refractivity contribution in [2.45, 2.75) is 13.0 Å². The fourth-order valence-electron chi connectivity index (χ4n) is 2.21. The molecule has 1 aliphatic heterocycles. The molecule has 2 aromatic heterocycles. The van der Waals surface area contributed by atoms with Crippen molar-refractivity contribution >= 4 is 44.4 Å².